The summed E-state index contributed by atoms with van der Waals surface area (Å²) in [5.74, 6) is 0.483. The van der Waals surface area contributed by atoms with Crippen LogP contribution >= 0.6 is 27.5 Å². The Hall–Kier alpha value is -1.52. The van der Waals surface area contributed by atoms with Crippen LogP contribution in [0.5, 0.6) is 5.75 Å². The van der Waals surface area contributed by atoms with Crippen molar-refractivity contribution >= 4 is 39.0 Å². The molecule has 0 aliphatic carbocycles. The number of halogens is 2. The van der Waals surface area contributed by atoms with Gasteiger partial charge in [-0.1, -0.05) is 17.7 Å². The second kappa shape index (κ2) is 5.63. The average molecular weight is 341 g/mol. The molecule has 0 aliphatic heterocycles. The van der Waals surface area contributed by atoms with Crippen LogP contribution in [0.2, 0.25) is 5.02 Å². The highest BCUT2D eigenvalue weighted by molar-refractivity contribution is 9.10. The summed E-state index contributed by atoms with van der Waals surface area (Å²) in [7, 11) is 1.57. The molecule has 0 saturated heterocycles. The van der Waals surface area contributed by atoms with E-state index in [4.69, 9.17) is 22.1 Å². The van der Waals surface area contributed by atoms with Gasteiger partial charge < -0.3 is 10.5 Å². The molecule has 2 rings (SSSR count). The van der Waals surface area contributed by atoms with Gasteiger partial charge in [-0.25, -0.2) is 0 Å². The molecule has 0 unspecified atom stereocenters. The smallest absolute Gasteiger partial charge is 0.196 e. The third-order valence-corrected chi connectivity index (χ3v) is 3.70. The number of carbonyl (C=O) groups is 1. The van der Waals surface area contributed by atoms with Crippen LogP contribution in [0.1, 0.15) is 15.9 Å². The van der Waals surface area contributed by atoms with Crippen molar-refractivity contribution in [2.75, 3.05) is 12.8 Å². The van der Waals surface area contributed by atoms with Gasteiger partial charge >= 0.3 is 0 Å². The molecule has 5 heteroatoms. The molecule has 19 heavy (non-hydrogen) atoms. The maximum Gasteiger partial charge on any atom is 0.196 e. The zero-order chi connectivity index (χ0) is 14.0. The molecule has 0 fully saturated rings. The number of para-hydroxylation sites is 1. The van der Waals surface area contributed by atoms with E-state index in [1.165, 1.54) is 0 Å². The minimum Gasteiger partial charge on any atom is -0.497 e. The Morgan fingerprint density at radius 1 is 1.26 bits per heavy atom. The number of nitrogens with two attached hydrogens (primary N) is 1. The summed E-state index contributed by atoms with van der Waals surface area (Å²) in [4.78, 5) is 12.4. The highest BCUT2D eigenvalue weighted by atomic mass is 79.9. The molecule has 0 saturated carbocycles. The van der Waals surface area contributed by atoms with Crippen molar-refractivity contribution in [2.24, 2.45) is 0 Å². The molecule has 0 atom stereocenters. The number of anilines is 1. The van der Waals surface area contributed by atoms with Gasteiger partial charge in [0.25, 0.3) is 0 Å². The lowest BCUT2D eigenvalue weighted by atomic mass is 10.0. The second-order valence-electron chi connectivity index (χ2n) is 3.88. The molecule has 98 valence electrons. The molecule has 2 N–H and O–H groups in total. The van der Waals surface area contributed by atoms with Gasteiger partial charge in [0.15, 0.2) is 5.78 Å². The van der Waals surface area contributed by atoms with Crippen LogP contribution in [0, 0.1) is 0 Å². The summed E-state index contributed by atoms with van der Waals surface area (Å²) in [6.45, 7) is 0. The summed E-state index contributed by atoms with van der Waals surface area (Å²) in [5, 5.41) is 0.371. The number of rotatable bonds is 3. The third kappa shape index (κ3) is 2.74. The molecule has 0 amide bonds. The molecule has 0 radical (unpaired) electrons. The number of hydrogen-bond donors (Lipinski definition) is 1. The third-order valence-electron chi connectivity index (χ3n) is 2.72. The summed E-state index contributed by atoms with van der Waals surface area (Å²) in [6.07, 6.45) is 0. The van der Waals surface area contributed by atoms with E-state index >= 15 is 0 Å². The average Bonchev–Trinajstić information content (AvgIpc) is 2.41. The topological polar surface area (TPSA) is 52.3 Å². The highest BCUT2D eigenvalue weighted by Crippen LogP contribution is 2.29. The van der Waals surface area contributed by atoms with Crippen LogP contribution in [0.25, 0.3) is 0 Å². The maximum atomic E-state index is 12.4. The molecule has 0 bridgehead atoms. The fraction of sp³-hybridized carbons (Fsp3) is 0.0714. The summed E-state index contributed by atoms with van der Waals surface area (Å²) < 4.78 is 5.74. The Morgan fingerprint density at radius 3 is 2.63 bits per heavy atom. The van der Waals surface area contributed by atoms with Crippen LogP contribution < -0.4 is 10.5 Å². The molecule has 0 aliphatic rings. The van der Waals surface area contributed by atoms with Crippen molar-refractivity contribution in [2.45, 2.75) is 0 Å². The monoisotopic (exact) mass is 339 g/mol. The Kier molecular flexibility index (Phi) is 4.12. The predicted molar refractivity (Wildman–Crippen MR) is 80.0 cm³/mol. The van der Waals surface area contributed by atoms with Crippen LogP contribution in [0.3, 0.4) is 0 Å². The number of ketones is 1. The standard InChI is InChI=1S/C14H11BrClNO2/c1-19-8-5-6-9(11(15)7-8)14(18)10-3-2-4-12(16)13(10)17/h2-7H,17H2,1H3. The Morgan fingerprint density at radius 2 is 2.00 bits per heavy atom. The van der Waals surface area contributed by atoms with Gasteiger partial charge in [-0.2, -0.15) is 0 Å². The van der Waals surface area contributed by atoms with Crippen molar-refractivity contribution in [3.05, 3.63) is 57.0 Å². The minimum atomic E-state index is -0.186. The molecular weight excluding hydrogens is 330 g/mol. The summed E-state index contributed by atoms with van der Waals surface area (Å²) in [5.41, 5.74) is 7.02. The summed E-state index contributed by atoms with van der Waals surface area (Å²) >= 11 is 9.28. The number of carbonyl (C=O) groups excluding carboxylic acids is 1. The van der Waals surface area contributed by atoms with Crippen LogP contribution in [0.4, 0.5) is 5.69 Å². The number of benzene rings is 2. The van der Waals surface area contributed by atoms with Gasteiger partial charge in [0.1, 0.15) is 5.75 Å². The van der Waals surface area contributed by atoms with Crippen molar-refractivity contribution in [3.8, 4) is 5.75 Å². The van der Waals surface area contributed by atoms with E-state index in [0.29, 0.717) is 26.4 Å². The van der Waals surface area contributed by atoms with Crippen LogP contribution in [0.15, 0.2) is 40.9 Å². The lowest BCUT2D eigenvalue weighted by molar-refractivity contribution is 0.103. The zero-order valence-electron chi connectivity index (χ0n) is 10.1. The fourth-order valence-corrected chi connectivity index (χ4v) is 2.40. The van der Waals surface area contributed by atoms with E-state index in [9.17, 15) is 4.79 Å². The van der Waals surface area contributed by atoms with Crippen molar-refractivity contribution in [1.29, 1.82) is 0 Å². The first-order valence-corrected chi connectivity index (χ1v) is 6.64. The van der Waals surface area contributed by atoms with Crippen molar-refractivity contribution in [3.63, 3.8) is 0 Å². The molecule has 0 spiro atoms. The van der Waals surface area contributed by atoms with Crippen molar-refractivity contribution < 1.29 is 9.53 Å². The van der Waals surface area contributed by atoms with E-state index in [-0.39, 0.29) is 11.5 Å². The van der Waals surface area contributed by atoms with Crippen molar-refractivity contribution in [1.82, 2.24) is 0 Å². The van der Waals surface area contributed by atoms with Crippen LogP contribution in [-0.2, 0) is 0 Å². The van der Waals surface area contributed by atoms with Gasteiger partial charge in [0, 0.05) is 15.6 Å². The summed E-state index contributed by atoms with van der Waals surface area (Å²) in [6, 6.07) is 10.1. The molecular formula is C14H11BrClNO2. The molecule has 0 aromatic heterocycles. The SMILES string of the molecule is COc1ccc(C(=O)c2cccc(Cl)c2N)c(Br)c1. The predicted octanol–water partition coefficient (Wildman–Crippen LogP) is 3.92. The maximum absolute atomic E-state index is 12.4. The number of ether oxygens (including phenoxy) is 1. The van der Waals surface area contributed by atoms with Gasteiger partial charge in [0.05, 0.1) is 17.8 Å². The van der Waals surface area contributed by atoms with E-state index in [1.807, 2.05) is 0 Å². The Bertz CT molecular complexity index is 643. The highest BCUT2D eigenvalue weighted by Gasteiger charge is 2.16. The first-order chi connectivity index (χ1) is 9.04. The fourth-order valence-electron chi connectivity index (χ4n) is 1.69. The normalized spacial score (nSPS) is 10.3. The first-order valence-electron chi connectivity index (χ1n) is 5.47. The van der Waals surface area contributed by atoms with Gasteiger partial charge in [-0.15, -0.1) is 0 Å². The van der Waals surface area contributed by atoms with Crippen LogP contribution in [-0.4, -0.2) is 12.9 Å². The molecule has 2 aromatic rings. The molecule has 0 heterocycles. The lowest BCUT2D eigenvalue weighted by Crippen LogP contribution is -2.06. The Labute approximate surface area is 124 Å². The first kappa shape index (κ1) is 13.9. The van der Waals surface area contributed by atoms with E-state index in [1.54, 1.807) is 43.5 Å². The number of nitrogen functional groups attached to an aromatic ring is 1. The number of methoxy groups -OCH3 is 1. The Balaban J connectivity index is 2.47. The van der Waals surface area contributed by atoms with E-state index < -0.39 is 0 Å². The molecule has 2 aromatic carbocycles. The van der Waals surface area contributed by atoms with Gasteiger partial charge in [-0.3, -0.25) is 4.79 Å². The zero-order valence-corrected chi connectivity index (χ0v) is 12.5. The van der Waals surface area contributed by atoms with E-state index in [0.717, 1.165) is 0 Å². The van der Waals surface area contributed by atoms with Gasteiger partial charge in [-0.05, 0) is 46.3 Å². The second-order valence-corrected chi connectivity index (χ2v) is 5.14. The largest absolute Gasteiger partial charge is 0.497 e. The minimum absolute atomic E-state index is 0.186. The molecule has 3 nitrogen and oxygen atoms in total. The van der Waals surface area contributed by atoms with Gasteiger partial charge in [0.2, 0.25) is 0 Å². The quantitative estimate of drug-likeness (QED) is 0.680. The lowest BCUT2D eigenvalue weighted by Gasteiger charge is -2.09. The number of hydrogen-bond acceptors (Lipinski definition) is 3. The van der Waals surface area contributed by atoms with E-state index in [2.05, 4.69) is 15.9 Å².